The summed E-state index contributed by atoms with van der Waals surface area (Å²) in [6.45, 7) is -1.15. The summed E-state index contributed by atoms with van der Waals surface area (Å²) in [4.78, 5) is 19.1. The zero-order valence-corrected chi connectivity index (χ0v) is 14.5. The van der Waals surface area contributed by atoms with Crippen LogP contribution in [0.1, 0.15) is 12.0 Å². The molecule has 0 radical (unpaired) electrons. The number of halogens is 3. The number of ether oxygens (including phenoxy) is 1. The zero-order chi connectivity index (χ0) is 19.6. The molecule has 1 aromatic heterocycles. The molecular formula is C17H12ClF2N4O3-. The lowest BCUT2D eigenvalue weighted by atomic mass is 10.0. The molecule has 1 atom stereocenters. The number of nitriles is 1. The third kappa shape index (κ3) is 4.06. The number of hydrogen-bond acceptors (Lipinski definition) is 6. The SMILES string of the molecule is N#Cc1cc(-c2ccnc(Cl)n2)ccc1OC1CCN(C(=O)[O-])CC1(F)F. The van der Waals surface area contributed by atoms with Crippen LogP contribution in [0, 0.1) is 11.3 Å². The number of amides is 1. The van der Waals surface area contributed by atoms with Gasteiger partial charge >= 0.3 is 5.92 Å². The lowest BCUT2D eigenvalue weighted by Gasteiger charge is -2.39. The van der Waals surface area contributed by atoms with Gasteiger partial charge in [0.25, 0.3) is 0 Å². The van der Waals surface area contributed by atoms with Gasteiger partial charge in [-0.05, 0) is 35.9 Å². The first-order chi connectivity index (χ1) is 12.8. The number of aromatic nitrogens is 2. The predicted molar refractivity (Wildman–Crippen MR) is 88.1 cm³/mol. The molecule has 0 N–H and O–H groups in total. The highest BCUT2D eigenvalue weighted by Gasteiger charge is 2.46. The van der Waals surface area contributed by atoms with E-state index in [0.717, 1.165) is 0 Å². The fraction of sp³-hybridized carbons (Fsp3) is 0.294. The van der Waals surface area contributed by atoms with Crippen LogP contribution in [0.15, 0.2) is 30.5 Å². The van der Waals surface area contributed by atoms with Crippen LogP contribution in [0.25, 0.3) is 11.3 Å². The fourth-order valence-corrected chi connectivity index (χ4v) is 2.90. The summed E-state index contributed by atoms with van der Waals surface area (Å²) in [6.07, 6.45) is -1.99. The standard InChI is InChI=1S/C17H13ClF2N4O3/c18-15-22-5-3-12(23-15)10-1-2-13(11(7-10)8-21)27-14-4-6-24(16(25)26)9-17(14,19)20/h1-3,5,7,14H,4,6,9H2,(H,25,26)/p-1. The van der Waals surface area contributed by atoms with Crippen LogP contribution in [0.5, 0.6) is 5.75 Å². The highest BCUT2D eigenvalue weighted by molar-refractivity contribution is 6.28. The molecular weight excluding hydrogens is 382 g/mol. The molecule has 27 heavy (non-hydrogen) atoms. The summed E-state index contributed by atoms with van der Waals surface area (Å²) in [5.41, 5.74) is 1.05. The Kier molecular flexibility index (Phi) is 5.10. The van der Waals surface area contributed by atoms with Gasteiger partial charge in [0.15, 0.2) is 6.10 Å². The number of hydrogen-bond donors (Lipinski definition) is 0. The molecule has 1 amide bonds. The van der Waals surface area contributed by atoms with Gasteiger partial charge in [0.1, 0.15) is 17.9 Å². The lowest BCUT2D eigenvalue weighted by Crippen LogP contribution is -2.57. The third-order valence-electron chi connectivity index (χ3n) is 4.08. The van der Waals surface area contributed by atoms with E-state index < -0.39 is 24.7 Å². The van der Waals surface area contributed by atoms with E-state index in [2.05, 4.69) is 9.97 Å². The fourth-order valence-electron chi connectivity index (χ4n) is 2.75. The van der Waals surface area contributed by atoms with Gasteiger partial charge in [0.2, 0.25) is 5.28 Å². The maximum absolute atomic E-state index is 14.2. The van der Waals surface area contributed by atoms with E-state index in [1.54, 1.807) is 12.1 Å². The summed E-state index contributed by atoms with van der Waals surface area (Å²) >= 11 is 5.75. The average molecular weight is 394 g/mol. The molecule has 10 heteroatoms. The van der Waals surface area contributed by atoms with Gasteiger partial charge in [0.05, 0.1) is 17.8 Å². The minimum atomic E-state index is -3.41. The van der Waals surface area contributed by atoms with E-state index in [4.69, 9.17) is 16.3 Å². The molecule has 2 aromatic rings. The maximum Gasteiger partial charge on any atom is 0.301 e. The molecule has 1 aromatic carbocycles. The maximum atomic E-state index is 14.2. The van der Waals surface area contributed by atoms with Gasteiger partial charge in [-0.25, -0.2) is 18.7 Å². The highest BCUT2D eigenvalue weighted by Crippen LogP contribution is 2.33. The van der Waals surface area contributed by atoms with Crippen molar-refractivity contribution in [1.29, 1.82) is 5.26 Å². The summed E-state index contributed by atoms with van der Waals surface area (Å²) in [5, 5.41) is 20.2. The zero-order valence-electron chi connectivity index (χ0n) is 13.7. The lowest BCUT2D eigenvalue weighted by molar-refractivity contribution is -0.273. The third-order valence-corrected chi connectivity index (χ3v) is 4.27. The van der Waals surface area contributed by atoms with E-state index in [1.165, 1.54) is 18.3 Å². The number of likely N-dealkylation sites (tertiary alicyclic amines) is 1. The van der Waals surface area contributed by atoms with Crippen molar-refractivity contribution < 1.29 is 23.4 Å². The number of nitrogens with zero attached hydrogens (tertiary/aromatic N) is 4. The van der Waals surface area contributed by atoms with Crippen LogP contribution in [0.2, 0.25) is 5.28 Å². The Morgan fingerprint density at radius 3 is 2.85 bits per heavy atom. The second-order valence-electron chi connectivity index (χ2n) is 5.88. The molecule has 1 fully saturated rings. The van der Waals surface area contributed by atoms with Gasteiger partial charge in [-0.3, -0.25) is 0 Å². The van der Waals surface area contributed by atoms with Crippen LogP contribution in [0.4, 0.5) is 13.6 Å². The second kappa shape index (κ2) is 7.32. The first kappa shape index (κ1) is 18.8. The van der Waals surface area contributed by atoms with E-state index in [0.29, 0.717) is 16.2 Å². The van der Waals surface area contributed by atoms with Gasteiger partial charge in [-0.15, -0.1) is 0 Å². The number of alkyl halides is 2. The summed E-state index contributed by atoms with van der Waals surface area (Å²) in [5.74, 6) is -3.43. The van der Waals surface area contributed by atoms with Gasteiger partial charge < -0.3 is 19.5 Å². The first-order valence-electron chi connectivity index (χ1n) is 7.83. The Balaban J connectivity index is 1.83. The van der Waals surface area contributed by atoms with Crippen LogP contribution < -0.4 is 9.84 Å². The van der Waals surface area contributed by atoms with Crippen LogP contribution in [-0.2, 0) is 0 Å². The molecule has 0 bridgehead atoms. The van der Waals surface area contributed by atoms with Crippen LogP contribution in [-0.4, -0.2) is 46.1 Å². The van der Waals surface area contributed by atoms with E-state index >= 15 is 0 Å². The summed E-state index contributed by atoms with van der Waals surface area (Å²) < 4.78 is 33.8. The van der Waals surface area contributed by atoms with E-state index in [1.807, 2.05) is 6.07 Å². The molecule has 1 aliphatic heterocycles. The average Bonchev–Trinajstić information content (AvgIpc) is 2.63. The number of piperidine rings is 1. The van der Waals surface area contributed by atoms with Gasteiger partial charge in [0, 0.05) is 24.7 Å². The summed E-state index contributed by atoms with van der Waals surface area (Å²) in [6, 6.07) is 7.89. The largest absolute Gasteiger partial charge is 0.530 e. The molecule has 140 valence electrons. The monoisotopic (exact) mass is 393 g/mol. The van der Waals surface area contributed by atoms with Crippen molar-refractivity contribution in [2.45, 2.75) is 18.4 Å². The molecule has 3 rings (SSSR count). The van der Waals surface area contributed by atoms with E-state index in [9.17, 15) is 23.9 Å². The second-order valence-corrected chi connectivity index (χ2v) is 6.22. The van der Waals surface area contributed by atoms with Crippen molar-refractivity contribution in [1.82, 2.24) is 14.9 Å². The topological polar surface area (TPSA) is 102 Å². The van der Waals surface area contributed by atoms with Crippen molar-refractivity contribution in [3.63, 3.8) is 0 Å². The Hall–Kier alpha value is -2.99. The minimum absolute atomic E-state index is 0.0204. The molecule has 1 unspecified atom stereocenters. The molecule has 0 saturated carbocycles. The van der Waals surface area contributed by atoms with Crippen molar-refractivity contribution in [3.05, 3.63) is 41.3 Å². The molecule has 7 nitrogen and oxygen atoms in total. The minimum Gasteiger partial charge on any atom is -0.530 e. The quantitative estimate of drug-likeness (QED) is 0.740. The van der Waals surface area contributed by atoms with Crippen LogP contribution in [0.3, 0.4) is 0 Å². The van der Waals surface area contributed by atoms with Gasteiger partial charge in [-0.2, -0.15) is 5.26 Å². The molecule has 2 heterocycles. The Morgan fingerprint density at radius 1 is 1.44 bits per heavy atom. The number of benzene rings is 1. The molecule has 0 aliphatic carbocycles. The van der Waals surface area contributed by atoms with E-state index in [-0.39, 0.29) is 29.6 Å². The van der Waals surface area contributed by atoms with Gasteiger partial charge in [-0.1, -0.05) is 0 Å². The Bertz CT molecular complexity index is 919. The molecule has 0 spiro atoms. The van der Waals surface area contributed by atoms with Crippen molar-refractivity contribution in [3.8, 4) is 23.1 Å². The number of carbonyl (C=O) groups is 1. The highest BCUT2D eigenvalue weighted by atomic mass is 35.5. The first-order valence-corrected chi connectivity index (χ1v) is 8.21. The Morgan fingerprint density at radius 2 is 2.22 bits per heavy atom. The number of carbonyl (C=O) groups excluding carboxylic acids is 1. The smallest absolute Gasteiger partial charge is 0.301 e. The Labute approximate surface area is 157 Å². The van der Waals surface area contributed by atoms with Crippen molar-refractivity contribution in [2.75, 3.05) is 13.1 Å². The van der Waals surface area contributed by atoms with Crippen molar-refractivity contribution >= 4 is 17.7 Å². The van der Waals surface area contributed by atoms with Crippen LogP contribution >= 0.6 is 11.6 Å². The van der Waals surface area contributed by atoms with Crippen molar-refractivity contribution in [2.24, 2.45) is 0 Å². The number of carboxylic acid groups (broad SMARTS) is 1. The molecule has 1 aliphatic rings. The predicted octanol–water partition coefficient (Wildman–Crippen LogP) is 2.10. The summed E-state index contributed by atoms with van der Waals surface area (Å²) in [7, 11) is 0. The number of rotatable bonds is 3. The molecule has 1 saturated heterocycles. The normalized spacial score (nSPS) is 18.6.